The van der Waals surface area contributed by atoms with Gasteiger partial charge in [0.2, 0.25) is 5.16 Å². The maximum Gasteiger partial charge on any atom is 0.313 e. The van der Waals surface area contributed by atoms with Gasteiger partial charge in [-0.05, 0) is 11.6 Å². The highest BCUT2D eigenvalue weighted by Gasteiger charge is 2.15. The molecule has 0 unspecified atom stereocenters. The highest BCUT2D eigenvalue weighted by Crippen LogP contribution is 2.30. The summed E-state index contributed by atoms with van der Waals surface area (Å²) in [5.41, 5.74) is 1.67. The molecule has 0 radical (unpaired) electrons. The van der Waals surface area contributed by atoms with Gasteiger partial charge in [-0.1, -0.05) is 11.8 Å². The maximum atomic E-state index is 11.2. The molecule has 3 rings (SSSR count). The van der Waals surface area contributed by atoms with Crippen LogP contribution < -0.4 is 0 Å². The molecule has 0 fully saturated rings. The number of benzene rings is 1. The molecule has 0 aliphatic rings. The van der Waals surface area contributed by atoms with Crippen molar-refractivity contribution >= 4 is 23.4 Å². The number of carboxylic acid groups (broad SMARTS) is 1. The fourth-order valence-electron chi connectivity index (χ4n) is 2.00. The number of aromatic nitrogens is 5. The molecule has 1 aromatic carbocycles. The van der Waals surface area contributed by atoms with Crippen LogP contribution in [0.1, 0.15) is 0 Å². The second kappa shape index (κ2) is 6.50. The third-order valence-electron chi connectivity index (χ3n) is 3.02. The van der Waals surface area contributed by atoms with E-state index in [1.54, 1.807) is 18.5 Å². The van der Waals surface area contributed by atoms with Crippen LogP contribution in [0.2, 0.25) is 0 Å². The van der Waals surface area contributed by atoms with Crippen molar-refractivity contribution in [1.29, 1.82) is 0 Å². The van der Waals surface area contributed by atoms with E-state index >= 15 is 0 Å². The van der Waals surface area contributed by atoms with Gasteiger partial charge in [0.1, 0.15) is 0 Å². The van der Waals surface area contributed by atoms with Crippen LogP contribution in [0.15, 0.2) is 35.7 Å². The molecule has 0 saturated carbocycles. The first-order valence-electron chi connectivity index (χ1n) is 6.59. The number of hydrogen-bond donors (Lipinski definition) is 3. The summed E-state index contributed by atoms with van der Waals surface area (Å²) in [5, 5.41) is 33.1. The third kappa shape index (κ3) is 3.41. The molecular weight excluding hydrogens is 336 g/mol. The molecule has 0 bridgehead atoms. The number of aromatic amines is 2. The van der Waals surface area contributed by atoms with Crippen molar-refractivity contribution in [3.63, 3.8) is 0 Å². The molecule has 122 valence electrons. The van der Waals surface area contributed by atoms with Crippen LogP contribution in [-0.2, 0) is 4.79 Å². The average molecular weight is 346 g/mol. The maximum absolute atomic E-state index is 11.2. The van der Waals surface area contributed by atoms with Gasteiger partial charge < -0.3 is 5.11 Å². The van der Waals surface area contributed by atoms with E-state index in [0.29, 0.717) is 22.5 Å². The van der Waals surface area contributed by atoms with Crippen LogP contribution in [0.4, 0.5) is 5.69 Å². The number of rotatable bonds is 6. The summed E-state index contributed by atoms with van der Waals surface area (Å²) in [6.07, 6.45) is 3.18. The second-order valence-corrected chi connectivity index (χ2v) is 5.60. The zero-order chi connectivity index (χ0) is 17.1. The smallest absolute Gasteiger partial charge is 0.313 e. The van der Waals surface area contributed by atoms with Gasteiger partial charge in [0, 0.05) is 29.5 Å². The predicted molar refractivity (Wildman–Crippen MR) is 84.4 cm³/mol. The number of nitrogens with zero attached hydrogens (tertiary/aromatic N) is 4. The molecule has 10 nitrogen and oxygen atoms in total. The van der Waals surface area contributed by atoms with E-state index in [0.717, 1.165) is 11.8 Å². The van der Waals surface area contributed by atoms with Gasteiger partial charge in [-0.2, -0.15) is 5.10 Å². The number of hydrogen-bond acceptors (Lipinski definition) is 7. The number of nitro groups is 1. The lowest BCUT2D eigenvalue weighted by Gasteiger charge is -2.02. The van der Waals surface area contributed by atoms with Crippen molar-refractivity contribution < 1.29 is 14.8 Å². The number of H-pyrrole nitrogens is 2. The lowest BCUT2D eigenvalue weighted by Crippen LogP contribution is -1.97. The van der Waals surface area contributed by atoms with Crippen molar-refractivity contribution in [2.75, 3.05) is 5.75 Å². The van der Waals surface area contributed by atoms with Crippen molar-refractivity contribution in [2.24, 2.45) is 0 Å². The van der Waals surface area contributed by atoms with Gasteiger partial charge in [0.25, 0.3) is 5.69 Å². The van der Waals surface area contributed by atoms with Crippen molar-refractivity contribution in [3.05, 3.63) is 40.7 Å². The summed E-state index contributed by atoms with van der Waals surface area (Å²) in [6, 6.07) is 4.52. The standard InChI is InChI=1S/C13H10N6O4S/c20-11(21)6-24-13-16-12(17-18-13)8-1-7(9-4-14-15-5-9)2-10(3-8)19(22)23/h1-5H,6H2,(H,14,15)(H,20,21)(H,16,17,18). The van der Waals surface area contributed by atoms with Crippen LogP contribution in [0, 0.1) is 10.1 Å². The molecule has 0 aliphatic heterocycles. The lowest BCUT2D eigenvalue weighted by molar-refractivity contribution is -0.384. The van der Waals surface area contributed by atoms with Crippen molar-refractivity contribution in [2.45, 2.75) is 5.16 Å². The van der Waals surface area contributed by atoms with Gasteiger partial charge in [-0.3, -0.25) is 25.1 Å². The van der Waals surface area contributed by atoms with E-state index in [1.807, 2.05) is 0 Å². The molecule has 3 aromatic rings. The SMILES string of the molecule is O=C(O)CSc1n[nH]c(-c2cc(-c3cn[nH]c3)cc([N+](=O)[O-])c2)n1. The monoisotopic (exact) mass is 346 g/mol. The molecule has 24 heavy (non-hydrogen) atoms. The Morgan fingerprint density at radius 1 is 1.29 bits per heavy atom. The Morgan fingerprint density at radius 2 is 2.08 bits per heavy atom. The number of nitrogens with one attached hydrogen (secondary N) is 2. The number of thioether (sulfide) groups is 1. The number of carbonyl (C=O) groups is 1. The lowest BCUT2D eigenvalue weighted by atomic mass is 10.0. The van der Waals surface area contributed by atoms with Crippen molar-refractivity contribution in [3.8, 4) is 22.5 Å². The van der Waals surface area contributed by atoms with E-state index in [-0.39, 0.29) is 16.6 Å². The highest BCUT2D eigenvalue weighted by atomic mass is 32.2. The van der Waals surface area contributed by atoms with E-state index in [2.05, 4.69) is 25.4 Å². The van der Waals surface area contributed by atoms with E-state index in [4.69, 9.17) is 5.11 Å². The predicted octanol–water partition coefficient (Wildman–Crippen LogP) is 1.95. The zero-order valence-corrected chi connectivity index (χ0v) is 12.8. The Kier molecular flexibility index (Phi) is 4.24. The number of non-ortho nitro benzene ring substituents is 1. The summed E-state index contributed by atoms with van der Waals surface area (Å²) in [5.74, 6) is -0.841. The fraction of sp³-hybridized carbons (Fsp3) is 0.0769. The first-order chi connectivity index (χ1) is 11.5. The van der Waals surface area contributed by atoms with Gasteiger partial charge in [0.15, 0.2) is 5.82 Å². The van der Waals surface area contributed by atoms with Crippen LogP contribution in [0.5, 0.6) is 0 Å². The molecule has 0 aliphatic carbocycles. The Hall–Kier alpha value is -3.21. The summed E-state index contributed by atoms with van der Waals surface area (Å²) in [6.45, 7) is 0. The minimum Gasteiger partial charge on any atom is -0.481 e. The van der Waals surface area contributed by atoms with Crippen LogP contribution in [0.25, 0.3) is 22.5 Å². The molecule has 2 aromatic heterocycles. The van der Waals surface area contributed by atoms with Gasteiger partial charge in [-0.25, -0.2) is 4.98 Å². The van der Waals surface area contributed by atoms with Crippen LogP contribution >= 0.6 is 11.8 Å². The Labute approximate surface area is 138 Å². The normalized spacial score (nSPS) is 10.7. The summed E-state index contributed by atoms with van der Waals surface area (Å²) in [7, 11) is 0. The van der Waals surface area contributed by atoms with E-state index < -0.39 is 10.9 Å². The van der Waals surface area contributed by atoms with Crippen LogP contribution in [-0.4, -0.2) is 47.1 Å². The minimum absolute atomic E-state index is 0.0974. The molecule has 3 N–H and O–H groups in total. The Balaban J connectivity index is 1.98. The molecule has 0 amide bonds. The van der Waals surface area contributed by atoms with Gasteiger partial charge >= 0.3 is 5.97 Å². The minimum atomic E-state index is -0.982. The second-order valence-electron chi connectivity index (χ2n) is 4.66. The molecule has 2 heterocycles. The fourth-order valence-corrected chi connectivity index (χ4v) is 2.51. The van der Waals surface area contributed by atoms with E-state index in [9.17, 15) is 14.9 Å². The quantitative estimate of drug-likeness (QED) is 0.348. The number of nitro benzene ring substituents is 1. The van der Waals surface area contributed by atoms with Crippen molar-refractivity contribution in [1.82, 2.24) is 25.4 Å². The highest BCUT2D eigenvalue weighted by molar-refractivity contribution is 7.99. The topological polar surface area (TPSA) is 151 Å². The molecule has 0 saturated heterocycles. The largest absolute Gasteiger partial charge is 0.481 e. The van der Waals surface area contributed by atoms with Crippen LogP contribution in [0.3, 0.4) is 0 Å². The first-order valence-corrected chi connectivity index (χ1v) is 7.57. The molecular formula is C13H10N6O4S. The summed E-state index contributed by atoms with van der Waals surface area (Å²) >= 11 is 0.955. The Morgan fingerprint density at radius 3 is 2.75 bits per heavy atom. The molecule has 0 spiro atoms. The van der Waals surface area contributed by atoms with Gasteiger partial charge in [-0.15, -0.1) is 5.10 Å². The summed E-state index contributed by atoms with van der Waals surface area (Å²) < 4.78 is 0. The number of carboxylic acids is 1. The Bertz CT molecular complexity index is 892. The molecule has 11 heteroatoms. The molecule has 0 atom stereocenters. The average Bonchev–Trinajstić information content (AvgIpc) is 3.24. The summed E-state index contributed by atoms with van der Waals surface area (Å²) in [4.78, 5) is 25.4. The zero-order valence-electron chi connectivity index (χ0n) is 12.0. The number of aliphatic carboxylic acids is 1. The van der Waals surface area contributed by atoms with E-state index in [1.165, 1.54) is 12.1 Å². The van der Waals surface area contributed by atoms with Gasteiger partial charge in [0.05, 0.1) is 16.9 Å². The third-order valence-corrected chi connectivity index (χ3v) is 3.86. The first kappa shape index (κ1) is 15.7.